The molecule has 7 nitrogen and oxygen atoms in total. The summed E-state index contributed by atoms with van der Waals surface area (Å²) in [5.74, 6) is -1.92. The molecule has 1 aromatic heterocycles. The van der Waals surface area contributed by atoms with Crippen LogP contribution in [0.15, 0.2) is 46.3 Å². The van der Waals surface area contributed by atoms with Gasteiger partial charge in [-0.05, 0) is 24.3 Å². The fourth-order valence-electron chi connectivity index (χ4n) is 1.96. The first-order valence-electron chi connectivity index (χ1n) is 7.22. The van der Waals surface area contributed by atoms with Crippen molar-refractivity contribution in [3.8, 4) is 0 Å². The van der Waals surface area contributed by atoms with Crippen LogP contribution in [-0.4, -0.2) is 43.2 Å². The average Bonchev–Trinajstić information content (AvgIpc) is 2.58. The van der Waals surface area contributed by atoms with Crippen molar-refractivity contribution in [2.75, 3.05) is 12.3 Å². The normalized spacial score (nSPS) is 13.2. The highest BCUT2D eigenvalue weighted by molar-refractivity contribution is 7.91. The molecule has 0 spiro atoms. The molecule has 1 atom stereocenters. The van der Waals surface area contributed by atoms with Gasteiger partial charge in [-0.1, -0.05) is 6.07 Å². The van der Waals surface area contributed by atoms with Crippen LogP contribution >= 0.6 is 0 Å². The van der Waals surface area contributed by atoms with E-state index in [-0.39, 0.29) is 4.90 Å². The maximum absolute atomic E-state index is 13.2. The lowest BCUT2D eigenvalue weighted by Gasteiger charge is -2.15. The van der Waals surface area contributed by atoms with Crippen LogP contribution in [0.2, 0.25) is 0 Å². The van der Waals surface area contributed by atoms with Crippen molar-refractivity contribution < 1.29 is 35.9 Å². The number of amides is 1. The van der Waals surface area contributed by atoms with E-state index in [1.165, 1.54) is 6.07 Å². The van der Waals surface area contributed by atoms with Crippen LogP contribution in [0.3, 0.4) is 0 Å². The molecule has 1 amide bonds. The van der Waals surface area contributed by atoms with Gasteiger partial charge >= 0.3 is 6.18 Å². The molecule has 1 heterocycles. The first-order valence-corrected chi connectivity index (χ1v) is 8.70. The standard InChI is InChI=1S/C15H13F4N3O4S/c16-8-2-1-3-9(4-8)27(25,26)10-5-11(20)13(21-6-10)14(24)22-7-12(23)15(17,18)19/h1-6,12,23H,7,20H2,(H,22,24)/t12-/m1/s1. The van der Waals surface area contributed by atoms with Gasteiger partial charge in [0.25, 0.3) is 5.91 Å². The monoisotopic (exact) mass is 407 g/mol. The van der Waals surface area contributed by atoms with E-state index in [1.807, 2.05) is 0 Å². The summed E-state index contributed by atoms with van der Waals surface area (Å²) in [6, 6.07) is 5.04. The molecule has 0 aliphatic carbocycles. The van der Waals surface area contributed by atoms with E-state index in [0.29, 0.717) is 0 Å². The number of aliphatic hydroxyl groups is 1. The number of nitrogens with one attached hydrogen (secondary N) is 1. The van der Waals surface area contributed by atoms with Gasteiger partial charge in [0.2, 0.25) is 9.84 Å². The van der Waals surface area contributed by atoms with E-state index in [9.17, 15) is 30.8 Å². The molecule has 0 unspecified atom stereocenters. The topological polar surface area (TPSA) is 122 Å². The zero-order chi connectivity index (χ0) is 20.4. The van der Waals surface area contributed by atoms with Crippen molar-refractivity contribution >= 4 is 21.4 Å². The highest BCUT2D eigenvalue weighted by atomic mass is 32.2. The SMILES string of the molecule is Nc1cc(S(=O)(=O)c2cccc(F)c2)cnc1C(=O)NC[C@@H](O)C(F)(F)F. The van der Waals surface area contributed by atoms with Crippen LogP contribution in [0.25, 0.3) is 0 Å². The van der Waals surface area contributed by atoms with Gasteiger partial charge in [-0.3, -0.25) is 4.79 Å². The minimum absolute atomic E-state index is 0.366. The van der Waals surface area contributed by atoms with Crippen LogP contribution in [0, 0.1) is 5.82 Å². The Balaban J connectivity index is 2.24. The first kappa shape index (κ1) is 20.6. The van der Waals surface area contributed by atoms with Crippen LogP contribution < -0.4 is 11.1 Å². The lowest BCUT2D eigenvalue weighted by molar-refractivity contribution is -0.201. The Kier molecular flexibility index (Phi) is 5.70. The Bertz CT molecular complexity index is 964. The number of halogens is 4. The second-order valence-electron chi connectivity index (χ2n) is 5.34. The Morgan fingerprint density at radius 3 is 2.48 bits per heavy atom. The van der Waals surface area contributed by atoms with Crippen molar-refractivity contribution in [3.05, 3.63) is 48.0 Å². The smallest absolute Gasteiger partial charge is 0.397 e. The minimum Gasteiger partial charge on any atom is -0.397 e. The van der Waals surface area contributed by atoms with E-state index in [1.54, 1.807) is 5.32 Å². The number of hydrogen-bond donors (Lipinski definition) is 3. The van der Waals surface area contributed by atoms with Gasteiger partial charge in [0, 0.05) is 6.20 Å². The zero-order valence-electron chi connectivity index (χ0n) is 13.4. The third-order valence-electron chi connectivity index (χ3n) is 3.36. The maximum atomic E-state index is 13.2. The molecule has 0 saturated carbocycles. The zero-order valence-corrected chi connectivity index (χ0v) is 14.2. The van der Waals surface area contributed by atoms with Crippen LogP contribution in [0.5, 0.6) is 0 Å². The van der Waals surface area contributed by atoms with Gasteiger partial charge in [0.1, 0.15) is 5.82 Å². The molecule has 0 fully saturated rings. The van der Waals surface area contributed by atoms with Crippen LogP contribution in [0.1, 0.15) is 10.5 Å². The number of aliphatic hydroxyl groups excluding tert-OH is 1. The maximum Gasteiger partial charge on any atom is 0.416 e. The number of sulfone groups is 1. The van der Waals surface area contributed by atoms with Gasteiger partial charge in [-0.25, -0.2) is 17.8 Å². The summed E-state index contributed by atoms with van der Waals surface area (Å²) in [6.45, 7) is -1.13. The molecule has 0 aliphatic heterocycles. The third-order valence-corrected chi connectivity index (χ3v) is 5.08. The summed E-state index contributed by atoms with van der Waals surface area (Å²) in [4.78, 5) is 14.6. The molecule has 0 aliphatic rings. The predicted molar refractivity (Wildman–Crippen MR) is 84.9 cm³/mol. The van der Waals surface area contributed by atoms with Crippen molar-refractivity contribution in [1.29, 1.82) is 0 Å². The van der Waals surface area contributed by atoms with Crippen LogP contribution in [-0.2, 0) is 9.84 Å². The van der Waals surface area contributed by atoms with E-state index >= 15 is 0 Å². The van der Waals surface area contributed by atoms with Crippen molar-refractivity contribution in [2.45, 2.75) is 22.1 Å². The number of nitrogens with two attached hydrogens (primary N) is 1. The Morgan fingerprint density at radius 2 is 1.93 bits per heavy atom. The molecule has 4 N–H and O–H groups in total. The molecule has 2 aromatic rings. The number of nitrogens with zero attached hydrogens (tertiary/aromatic N) is 1. The molecule has 0 bridgehead atoms. The summed E-state index contributed by atoms with van der Waals surface area (Å²) in [6.07, 6.45) is -6.93. The number of nitrogen functional groups attached to an aromatic ring is 1. The third kappa shape index (κ3) is 4.71. The number of pyridine rings is 1. The second-order valence-corrected chi connectivity index (χ2v) is 7.29. The van der Waals surface area contributed by atoms with Crippen molar-refractivity contribution in [3.63, 3.8) is 0 Å². The van der Waals surface area contributed by atoms with E-state index < -0.39 is 56.7 Å². The number of carbonyl (C=O) groups excluding carboxylic acids is 1. The molecule has 12 heteroatoms. The van der Waals surface area contributed by atoms with E-state index in [0.717, 1.165) is 30.5 Å². The molecule has 1 aromatic carbocycles. The van der Waals surface area contributed by atoms with Crippen LogP contribution in [0.4, 0.5) is 23.2 Å². The Morgan fingerprint density at radius 1 is 1.26 bits per heavy atom. The van der Waals surface area contributed by atoms with Gasteiger partial charge in [-0.15, -0.1) is 0 Å². The fourth-order valence-corrected chi connectivity index (χ4v) is 3.23. The van der Waals surface area contributed by atoms with Gasteiger partial charge in [0.15, 0.2) is 11.8 Å². The number of aromatic nitrogens is 1. The van der Waals surface area contributed by atoms with E-state index in [2.05, 4.69) is 4.98 Å². The molecule has 27 heavy (non-hydrogen) atoms. The number of hydrogen-bond acceptors (Lipinski definition) is 6. The van der Waals surface area contributed by atoms with Gasteiger partial charge in [-0.2, -0.15) is 13.2 Å². The molecule has 2 rings (SSSR count). The molecular weight excluding hydrogens is 394 g/mol. The quantitative estimate of drug-likeness (QED) is 0.642. The summed E-state index contributed by atoms with van der Waals surface area (Å²) in [5.41, 5.74) is 4.62. The minimum atomic E-state index is -4.92. The first-order chi connectivity index (χ1) is 12.4. The average molecular weight is 407 g/mol. The fraction of sp³-hybridized carbons (Fsp3) is 0.200. The number of alkyl halides is 3. The van der Waals surface area contributed by atoms with Gasteiger partial charge in [0.05, 0.1) is 22.0 Å². The summed E-state index contributed by atoms with van der Waals surface area (Å²) >= 11 is 0. The second kappa shape index (κ2) is 7.48. The number of carbonyl (C=O) groups is 1. The number of benzene rings is 1. The summed E-state index contributed by atoms with van der Waals surface area (Å²) in [5, 5.41) is 10.6. The highest BCUT2D eigenvalue weighted by Crippen LogP contribution is 2.24. The summed E-state index contributed by atoms with van der Waals surface area (Å²) < 4.78 is 74.7. The summed E-state index contributed by atoms with van der Waals surface area (Å²) in [7, 11) is -4.17. The Hall–Kier alpha value is -2.73. The van der Waals surface area contributed by atoms with Gasteiger partial charge < -0.3 is 16.2 Å². The predicted octanol–water partition coefficient (Wildman–Crippen LogP) is 1.29. The largest absolute Gasteiger partial charge is 0.416 e. The van der Waals surface area contributed by atoms with Crippen molar-refractivity contribution in [1.82, 2.24) is 10.3 Å². The molecule has 146 valence electrons. The highest BCUT2D eigenvalue weighted by Gasteiger charge is 2.38. The number of anilines is 1. The Labute approximate surface area is 150 Å². The molecule has 0 radical (unpaired) electrons. The molecule has 0 saturated heterocycles. The van der Waals surface area contributed by atoms with Crippen molar-refractivity contribution in [2.24, 2.45) is 0 Å². The van der Waals surface area contributed by atoms with E-state index in [4.69, 9.17) is 10.8 Å². The lowest BCUT2D eigenvalue weighted by atomic mass is 10.2. The number of rotatable bonds is 5. The lowest BCUT2D eigenvalue weighted by Crippen LogP contribution is -2.41. The molecular formula is C15H13F4N3O4S.